The molecule has 1 rings (SSSR count). The van der Waals surface area contributed by atoms with Gasteiger partial charge in [0.05, 0.1) is 23.7 Å². The van der Waals surface area contributed by atoms with Gasteiger partial charge in [-0.05, 0) is 38.8 Å². The number of carbonyl (C=O) groups is 2. The van der Waals surface area contributed by atoms with Gasteiger partial charge in [0.2, 0.25) is 0 Å². The summed E-state index contributed by atoms with van der Waals surface area (Å²) < 4.78 is 5.10. The molecule has 19 heavy (non-hydrogen) atoms. The largest absolute Gasteiger partial charge is 0.462 e. The summed E-state index contributed by atoms with van der Waals surface area (Å²) in [6.45, 7) is 4.00. The van der Waals surface area contributed by atoms with Crippen molar-refractivity contribution in [3.05, 3.63) is 35.4 Å². The molecule has 0 N–H and O–H groups in total. The first-order chi connectivity index (χ1) is 8.98. The maximum Gasteiger partial charge on any atom is 0.338 e. The minimum Gasteiger partial charge on any atom is -0.462 e. The van der Waals surface area contributed by atoms with E-state index < -0.39 is 11.4 Å². The highest BCUT2D eigenvalue weighted by Gasteiger charge is 2.16. The Balaban J connectivity index is 2.39. The van der Waals surface area contributed by atoms with E-state index in [1.165, 1.54) is 0 Å². The van der Waals surface area contributed by atoms with Gasteiger partial charge < -0.3 is 4.74 Å². The summed E-state index contributed by atoms with van der Waals surface area (Å²) in [6, 6.07) is 8.47. The molecular formula is C15H17NO3. The molecule has 0 spiro atoms. The van der Waals surface area contributed by atoms with E-state index in [2.05, 4.69) is 6.07 Å². The van der Waals surface area contributed by atoms with Crippen LogP contribution in [0, 0.1) is 16.7 Å². The minimum atomic E-state index is -0.410. The maximum atomic E-state index is 11.7. The third-order valence-electron chi connectivity index (χ3n) is 2.76. The Morgan fingerprint density at radius 3 is 2.53 bits per heavy atom. The first kappa shape index (κ1) is 14.9. The number of hydrogen-bond donors (Lipinski definition) is 0. The van der Waals surface area contributed by atoms with Gasteiger partial charge in [-0.25, -0.2) is 4.79 Å². The van der Waals surface area contributed by atoms with Gasteiger partial charge in [-0.3, -0.25) is 4.79 Å². The standard InChI is InChI=1S/C15H17NO3/c1-15(2,11-16)8-3-9-19-14(18)13-6-4-12(10-17)5-7-13/h4-7,10H,3,8-9H2,1-2H3. The number of ether oxygens (including phenoxy) is 1. The number of carbonyl (C=O) groups excluding carboxylic acids is 2. The van der Waals surface area contributed by atoms with Crippen molar-refractivity contribution >= 4 is 12.3 Å². The Bertz CT molecular complexity index is 483. The molecule has 0 atom stereocenters. The molecule has 0 fully saturated rings. The summed E-state index contributed by atoms with van der Waals surface area (Å²) >= 11 is 0. The maximum absolute atomic E-state index is 11.7. The number of esters is 1. The third kappa shape index (κ3) is 4.92. The smallest absolute Gasteiger partial charge is 0.338 e. The third-order valence-corrected chi connectivity index (χ3v) is 2.76. The monoisotopic (exact) mass is 259 g/mol. The first-order valence-corrected chi connectivity index (χ1v) is 6.12. The number of hydrogen-bond acceptors (Lipinski definition) is 4. The second-order valence-corrected chi connectivity index (χ2v) is 4.98. The molecule has 0 bridgehead atoms. The predicted octanol–water partition coefficient (Wildman–Crippen LogP) is 2.99. The van der Waals surface area contributed by atoms with Crippen LogP contribution in [-0.4, -0.2) is 18.9 Å². The van der Waals surface area contributed by atoms with Crippen molar-refractivity contribution < 1.29 is 14.3 Å². The van der Waals surface area contributed by atoms with Crippen LogP contribution in [0.25, 0.3) is 0 Å². The molecule has 4 nitrogen and oxygen atoms in total. The number of rotatable bonds is 6. The number of aldehydes is 1. The molecule has 0 aliphatic rings. The Hall–Kier alpha value is -2.15. The summed E-state index contributed by atoms with van der Waals surface area (Å²) in [4.78, 5) is 22.1. The summed E-state index contributed by atoms with van der Waals surface area (Å²) in [7, 11) is 0. The second kappa shape index (κ2) is 6.69. The van der Waals surface area contributed by atoms with E-state index in [0.29, 0.717) is 30.6 Å². The average molecular weight is 259 g/mol. The van der Waals surface area contributed by atoms with Crippen molar-refractivity contribution in [2.24, 2.45) is 5.41 Å². The van der Waals surface area contributed by atoms with Crippen molar-refractivity contribution in [1.82, 2.24) is 0 Å². The Morgan fingerprint density at radius 1 is 1.37 bits per heavy atom. The molecule has 0 saturated heterocycles. The van der Waals surface area contributed by atoms with E-state index in [9.17, 15) is 9.59 Å². The Labute approximate surface area is 113 Å². The molecule has 0 unspecified atom stereocenters. The number of nitrogens with zero attached hydrogens (tertiary/aromatic N) is 1. The SMILES string of the molecule is CC(C)(C#N)CCCOC(=O)c1ccc(C=O)cc1. The van der Waals surface area contributed by atoms with Crippen LogP contribution in [0.1, 0.15) is 47.4 Å². The lowest BCUT2D eigenvalue weighted by molar-refractivity contribution is 0.0491. The van der Waals surface area contributed by atoms with Crippen LogP contribution >= 0.6 is 0 Å². The average Bonchev–Trinajstić information content (AvgIpc) is 2.43. The molecule has 100 valence electrons. The summed E-state index contributed by atoms with van der Waals surface area (Å²) in [6.07, 6.45) is 2.05. The highest BCUT2D eigenvalue weighted by Crippen LogP contribution is 2.20. The molecule has 0 aliphatic heterocycles. The second-order valence-electron chi connectivity index (χ2n) is 4.98. The lowest BCUT2D eigenvalue weighted by atomic mass is 9.90. The van der Waals surface area contributed by atoms with Crippen molar-refractivity contribution in [3.8, 4) is 6.07 Å². The van der Waals surface area contributed by atoms with Gasteiger partial charge in [0.25, 0.3) is 0 Å². The lowest BCUT2D eigenvalue weighted by Gasteiger charge is -2.14. The molecule has 0 aromatic heterocycles. The highest BCUT2D eigenvalue weighted by molar-refractivity contribution is 5.90. The zero-order chi connectivity index (χ0) is 14.3. The number of benzene rings is 1. The summed E-state index contributed by atoms with van der Waals surface area (Å²) in [5.74, 6) is -0.410. The molecule has 0 radical (unpaired) electrons. The fourth-order valence-electron chi connectivity index (χ4n) is 1.52. The first-order valence-electron chi connectivity index (χ1n) is 6.12. The Kier molecular flexibility index (Phi) is 5.25. The van der Waals surface area contributed by atoms with Gasteiger partial charge in [-0.15, -0.1) is 0 Å². The van der Waals surface area contributed by atoms with Crippen LogP contribution in [0.3, 0.4) is 0 Å². The van der Waals surface area contributed by atoms with Crippen molar-refractivity contribution in [1.29, 1.82) is 5.26 Å². The molecular weight excluding hydrogens is 242 g/mol. The van der Waals surface area contributed by atoms with E-state index in [-0.39, 0.29) is 0 Å². The van der Waals surface area contributed by atoms with Crippen LogP contribution in [0.4, 0.5) is 0 Å². The molecule has 0 aliphatic carbocycles. The predicted molar refractivity (Wildman–Crippen MR) is 70.7 cm³/mol. The molecule has 0 heterocycles. The molecule has 1 aromatic rings. The van der Waals surface area contributed by atoms with Crippen LogP contribution < -0.4 is 0 Å². The fourth-order valence-corrected chi connectivity index (χ4v) is 1.52. The lowest BCUT2D eigenvalue weighted by Crippen LogP contribution is -2.11. The van der Waals surface area contributed by atoms with E-state index in [0.717, 1.165) is 6.29 Å². The van der Waals surface area contributed by atoms with Crippen LogP contribution in [-0.2, 0) is 4.74 Å². The van der Waals surface area contributed by atoms with Gasteiger partial charge in [-0.1, -0.05) is 12.1 Å². The van der Waals surface area contributed by atoms with Gasteiger partial charge in [-0.2, -0.15) is 5.26 Å². The normalized spacial score (nSPS) is 10.6. The van der Waals surface area contributed by atoms with Crippen molar-refractivity contribution in [3.63, 3.8) is 0 Å². The van der Waals surface area contributed by atoms with Gasteiger partial charge in [0, 0.05) is 5.56 Å². The van der Waals surface area contributed by atoms with E-state index in [1.54, 1.807) is 24.3 Å². The van der Waals surface area contributed by atoms with Crippen molar-refractivity contribution in [2.45, 2.75) is 26.7 Å². The molecule has 0 amide bonds. The minimum absolute atomic E-state index is 0.291. The quantitative estimate of drug-likeness (QED) is 0.447. The summed E-state index contributed by atoms with van der Waals surface area (Å²) in [5, 5.41) is 8.84. The topological polar surface area (TPSA) is 67.2 Å². The van der Waals surface area contributed by atoms with Gasteiger partial charge in [0.15, 0.2) is 0 Å². The summed E-state index contributed by atoms with van der Waals surface area (Å²) in [5.41, 5.74) is 0.551. The Morgan fingerprint density at radius 2 is 2.00 bits per heavy atom. The van der Waals surface area contributed by atoms with Gasteiger partial charge in [0.1, 0.15) is 6.29 Å². The van der Waals surface area contributed by atoms with Crippen molar-refractivity contribution in [2.75, 3.05) is 6.61 Å². The van der Waals surface area contributed by atoms with E-state index >= 15 is 0 Å². The molecule has 4 heteroatoms. The van der Waals surface area contributed by atoms with Crippen LogP contribution in [0.15, 0.2) is 24.3 Å². The zero-order valence-electron chi connectivity index (χ0n) is 11.2. The number of nitriles is 1. The fraction of sp³-hybridized carbons (Fsp3) is 0.400. The van der Waals surface area contributed by atoms with E-state index in [1.807, 2.05) is 13.8 Å². The molecule has 0 saturated carbocycles. The van der Waals surface area contributed by atoms with E-state index in [4.69, 9.17) is 10.00 Å². The molecule has 1 aromatic carbocycles. The van der Waals surface area contributed by atoms with Crippen LogP contribution in [0.5, 0.6) is 0 Å². The van der Waals surface area contributed by atoms with Crippen LogP contribution in [0.2, 0.25) is 0 Å². The van der Waals surface area contributed by atoms with Gasteiger partial charge >= 0.3 is 5.97 Å². The highest BCUT2D eigenvalue weighted by atomic mass is 16.5. The zero-order valence-corrected chi connectivity index (χ0v) is 11.2.